The molecule has 5 nitrogen and oxygen atoms in total. The van der Waals surface area contributed by atoms with Crippen molar-refractivity contribution in [2.24, 2.45) is 5.92 Å². The van der Waals surface area contributed by atoms with Gasteiger partial charge < -0.3 is 15.1 Å². The molecular formula is C13H24N4O. The molecule has 2 atom stereocenters. The summed E-state index contributed by atoms with van der Waals surface area (Å²) in [5.41, 5.74) is 0. The molecule has 1 fully saturated rings. The van der Waals surface area contributed by atoms with E-state index in [0.29, 0.717) is 24.5 Å². The van der Waals surface area contributed by atoms with E-state index in [4.69, 9.17) is 4.42 Å². The highest BCUT2D eigenvalue weighted by Crippen LogP contribution is 2.28. The lowest BCUT2D eigenvalue weighted by Gasteiger charge is -2.30. The Kier molecular flexibility index (Phi) is 4.99. The minimum Gasteiger partial charge on any atom is -0.407 e. The Labute approximate surface area is 109 Å². The van der Waals surface area contributed by atoms with Crippen molar-refractivity contribution >= 4 is 6.01 Å². The van der Waals surface area contributed by atoms with Gasteiger partial charge in [-0.05, 0) is 25.3 Å². The van der Waals surface area contributed by atoms with Crippen molar-refractivity contribution in [3.05, 3.63) is 5.89 Å². The van der Waals surface area contributed by atoms with Crippen LogP contribution in [0.2, 0.25) is 0 Å². The van der Waals surface area contributed by atoms with Crippen molar-refractivity contribution < 1.29 is 4.42 Å². The van der Waals surface area contributed by atoms with Gasteiger partial charge in [-0.25, -0.2) is 0 Å². The zero-order chi connectivity index (χ0) is 12.8. The predicted molar refractivity (Wildman–Crippen MR) is 71.3 cm³/mol. The van der Waals surface area contributed by atoms with Gasteiger partial charge in [0.2, 0.25) is 5.89 Å². The van der Waals surface area contributed by atoms with E-state index < -0.39 is 0 Å². The summed E-state index contributed by atoms with van der Waals surface area (Å²) in [6.07, 6.45) is 6.39. The van der Waals surface area contributed by atoms with Gasteiger partial charge in [0.15, 0.2) is 0 Å². The van der Waals surface area contributed by atoms with Gasteiger partial charge in [-0.3, -0.25) is 0 Å². The molecule has 102 valence electrons. The molecule has 1 aromatic rings. The van der Waals surface area contributed by atoms with Gasteiger partial charge in [0.1, 0.15) is 0 Å². The molecule has 1 aliphatic rings. The smallest absolute Gasteiger partial charge is 0.315 e. The second-order valence-electron chi connectivity index (χ2n) is 4.98. The van der Waals surface area contributed by atoms with E-state index in [9.17, 15) is 0 Å². The average Bonchev–Trinajstić information content (AvgIpc) is 2.84. The highest BCUT2D eigenvalue weighted by atomic mass is 16.4. The van der Waals surface area contributed by atoms with Crippen molar-refractivity contribution in [2.75, 3.05) is 11.9 Å². The molecule has 18 heavy (non-hydrogen) atoms. The first kappa shape index (κ1) is 13.3. The first-order valence-corrected chi connectivity index (χ1v) is 7.13. The van der Waals surface area contributed by atoms with Crippen molar-refractivity contribution in [1.82, 2.24) is 15.5 Å². The quantitative estimate of drug-likeness (QED) is 0.814. The van der Waals surface area contributed by atoms with Crippen LogP contribution in [0.3, 0.4) is 0 Å². The largest absolute Gasteiger partial charge is 0.407 e. The molecule has 2 N–H and O–H groups in total. The van der Waals surface area contributed by atoms with E-state index in [1.165, 1.54) is 32.1 Å². The van der Waals surface area contributed by atoms with Crippen LogP contribution in [-0.2, 0) is 6.54 Å². The number of rotatable bonds is 6. The number of hydrogen-bond acceptors (Lipinski definition) is 5. The Bertz CT molecular complexity index is 353. The van der Waals surface area contributed by atoms with E-state index in [-0.39, 0.29) is 0 Å². The minimum atomic E-state index is 0.496. The van der Waals surface area contributed by atoms with Crippen LogP contribution in [0.25, 0.3) is 0 Å². The van der Waals surface area contributed by atoms with E-state index in [1.54, 1.807) is 0 Å². The van der Waals surface area contributed by atoms with Gasteiger partial charge in [-0.15, -0.1) is 5.10 Å². The Morgan fingerprint density at radius 1 is 1.22 bits per heavy atom. The summed E-state index contributed by atoms with van der Waals surface area (Å²) in [5.74, 6) is 1.39. The molecule has 0 saturated heterocycles. The number of anilines is 1. The SMILES string of the molecule is CCNCc1nnc(NC2CCCCC2CC)o1. The van der Waals surface area contributed by atoms with Gasteiger partial charge in [0, 0.05) is 6.04 Å². The molecule has 1 aliphatic carbocycles. The van der Waals surface area contributed by atoms with Gasteiger partial charge >= 0.3 is 6.01 Å². The highest BCUT2D eigenvalue weighted by molar-refractivity contribution is 5.20. The third-order valence-electron chi connectivity index (χ3n) is 3.74. The lowest BCUT2D eigenvalue weighted by molar-refractivity contribution is 0.311. The second-order valence-corrected chi connectivity index (χ2v) is 4.98. The fourth-order valence-electron chi connectivity index (χ4n) is 2.66. The lowest BCUT2D eigenvalue weighted by atomic mass is 9.83. The Hall–Kier alpha value is -1.10. The molecule has 0 amide bonds. The molecule has 1 aromatic heterocycles. The highest BCUT2D eigenvalue weighted by Gasteiger charge is 2.24. The zero-order valence-corrected chi connectivity index (χ0v) is 11.4. The van der Waals surface area contributed by atoms with Crippen molar-refractivity contribution in [1.29, 1.82) is 0 Å². The van der Waals surface area contributed by atoms with Crippen LogP contribution in [-0.4, -0.2) is 22.8 Å². The van der Waals surface area contributed by atoms with Gasteiger partial charge in [0.25, 0.3) is 0 Å². The first-order valence-electron chi connectivity index (χ1n) is 7.13. The van der Waals surface area contributed by atoms with E-state index in [0.717, 1.165) is 12.5 Å². The fourth-order valence-corrected chi connectivity index (χ4v) is 2.66. The summed E-state index contributed by atoms with van der Waals surface area (Å²) in [6.45, 7) is 5.87. The molecule has 0 aliphatic heterocycles. The Morgan fingerprint density at radius 3 is 2.83 bits per heavy atom. The molecule has 2 rings (SSSR count). The molecule has 0 radical (unpaired) electrons. The van der Waals surface area contributed by atoms with E-state index in [2.05, 4.69) is 34.7 Å². The zero-order valence-electron chi connectivity index (χ0n) is 11.4. The molecule has 0 aromatic carbocycles. The monoisotopic (exact) mass is 252 g/mol. The summed E-state index contributed by atoms with van der Waals surface area (Å²) >= 11 is 0. The maximum Gasteiger partial charge on any atom is 0.315 e. The van der Waals surface area contributed by atoms with Crippen molar-refractivity contribution in [3.8, 4) is 0 Å². The van der Waals surface area contributed by atoms with Crippen LogP contribution >= 0.6 is 0 Å². The number of aromatic nitrogens is 2. The Morgan fingerprint density at radius 2 is 2.06 bits per heavy atom. The van der Waals surface area contributed by atoms with Gasteiger partial charge in [-0.2, -0.15) is 0 Å². The molecule has 1 heterocycles. The van der Waals surface area contributed by atoms with Crippen molar-refractivity contribution in [2.45, 2.75) is 58.5 Å². The third kappa shape index (κ3) is 3.45. The summed E-state index contributed by atoms with van der Waals surface area (Å²) < 4.78 is 5.59. The van der Waals surface area contributed by atoms with Crippen LogP contribution < -0.4 is 10.6 Å². The third-order valence-corrected chi connectivity index (χ3v) is 3.74. The van der Waals surface area contributed by atoms with Crippen LogP contribution in [0.15, 0.2) is 4.42 Å². The first-order chi connectivity index (χ1) is 8.83. The molecular weight excluding hydrogens is 228 g/mol. The summed E-state index contributed by atoms with van der Waals surface area (Å²) in [7, 11) is 0. The fraction of sp³-hybridized carbons (Fsp3) is 0.846. The number of nitrogens with zero attached hydrogens (tertiary/aromatic N) is 2. The summed E-state index contributed by atoms with van der Waals surface area (Å²) in [4.78, 5) is 0. The van der Waals surface area contributed by atoms with Crippen LogP contribution in [0.4, 0.5) is 6.01 Å². The number of hydrogen-bond donors (Lipinski definition) is 2. The van der Waals surface area contributed by atoms with Crippen molar-refractivity contribution in [3.63, 3.8) is 0 Å². The summed E-state index contributed by atoms with van der Waals surface area (Å²) in [6, 6.07) is 1.07. The summed E-state index contributed by atoms with van der Waals surface area (Å²) in [5, 5.41) is 14.7. The average molecular weight is 252 g/mol. The number of nitrogens with one attached hydrogen (secondary N) is 2. The molecule has 2 unspecified atom stereocenters. The van der Waals surface area contributed by atoms with E-state index >= 15 is 0 Å². The van der Waals surface area contributed by atoms with E-state index in [1.807, 2.05) is 0 Å². The molecule has 0 spiro atoms. The van der Waals surface area contributed by atoms with Crippen LogP contribution in [0.1, 0.15) is 51.8 Å². The molecule has 1 saturated carbocycles. The maximum absolute atomic E-state index is 5.59. The standard InChI is InChI=1S/C13H24N4O/c1-3-10-7-5-6-8-11(10)15-13-17-16-12(18-13)9-14-4-2/h10-11,14H,3-9H2,1-2H3,(H,15,17). The predicted octanol–water partition coefficient (Wildman–Crippen LogP) is 2.56. The maximum atomic E-state index is 5.59. The molecule has 5 heteroatoms. The minimum absolute atomic E-state index is 0.496. The molecule has 0 bridgehead atoms. The Balaban J connectivity index is 1.89. The second kappa shape index (κ2) is 6.73. The topological polar surface area (TPSA) is 63.0 Å². The van der Waals surface area contributed by atoms with Gasteiger partial charge in [-0.1, -0.05) is 38.2 Å². The normalized spacial score (nSPS) is 24.1. The lowest BCUT2D eigenvalue weighted by Crippen LogP contribution is -2.31. The van der Waals surface area contributed by atoms with Crippen LogP contribution in [0, 0.1) is 5.92 Å². The van der Waals surface area contributed by atoms with Gasteiger partial charge in [0.05, 0.1) is 6.54 Å². The van der Waals surface area contributed by atoms with Crippen LogP contribution in [0.5, 0.6) is 0 Å².